The summed E-state index contributed by atoms with van der Waals surface area (Å²) in [4.78, 5) is 11.4. The second kappa shape index (κ2) is 11.0. The molecule has 0 radical (unpaired) electrons. The Balaban J connectivity index is 1.20. The van der Waals surface area contributed by atoms with Crippen LogP contribution in [0.3, 0.4) is 0 Å². The van der Waals surface area contributed by atoms with Gasteiger partial charge in [-0.3, -0.25) is 0 Å². The van der Waals surface area contributed by atoms with Crippen molar-refractivity contribution in [2.75, 3.05) is 0 Å². The van der Waals surface area contributed by atoms with Crippen molar-refractivity contribution in [3.8, 4) is 34.0 Å². The zero-order valence-electron chi connectivity index (χ0n) is 27.4. The summed E-state index contributed by atoms with van der Waals surface area (Å²) in [6.45, 7) is 0. The SMILES string of the molecule is c1ccc(-c2nc(-c3cccc(-n4c5ccccc5c5c6c7ccccc7n(-c7ccccc7)c6ccc54)c3)c3c(n2)sc2ccccc23)cc1. The Morgan fingerprint density at radius 3 is 1.65 bits per heavy atom. The lowest BCUT2D eigenvalue weighted by Gasteiger charge is -2.12. The minimum atomic E-state index is 0.740. The van der Waals surface area contributed by atoms with Crippen molar-refractivity contribution < 1.29 is 0 Å². The Morgan fingerprint density at radius 1 is 0.392 bits per heavy atom. The van der Waals surface area contributed by atoms with Crippen LogP contribution in [0.25, 0.3) is 97.9 Å². The van der Waals surface area contributed by atoms with Crippen LogP contribution in [0, 0.1) is 0 Å². The lowest BCUT2D eigenvalue weighted by molar-refractivity contribution is 1.17. The van der Waals surface area contributed by atoms with Crippen LogP contribution >= 0.6 is 11.3 Å². The van der Waals surface area contributed by atoms with Crippen molar-refractivity contribution >= 4 is 75.3 Å². The molecular formula is C46H28N4S. The van der Waals surface area contributed by atoms with Crippen LogP contribution in [0.5, 0.6) is 0 Å². The third-order valence-electron chi connectivity index (χ3n) is 10.1. The summed E-state index contributed by atoms with van der Waals surface area (Å²) >= 11 is 1.73. The first-order valence-electron chi connectivity index (χ1n) is 17.2. The molecule has 0 aliphatic heterocycles. The number of benzene rings is 7. The average Bonchev–Trinajstić information content (AvgIpc) is 3.86. The molecule has 4 nitrogen and oxygen atoms in total. The van der Waals surface area contributed by atoms with E-state index in [0.29, 0.717) is 0 Å². The monoisotopic (exact) mass is 668 g/mol. The highest BCUT2D eigenvalue weighted by Gasteiger charge is 2.21. The van der Waals surface area contributed by atoms with Crippen molar-refractivity contribution in [3.63, 3.8) is 0 Å². The molecule has 0 atom stereocenters. The third-order valence-corrected chi connectivity index (χ3v) is 11.2. The van der Waals surface area contributed by atoms with Gasteiger partial charge in [0.25, 0.3) is 0 Å². The second-order valence-corrected chi connectivity index (χ2v) is 14.0. The molecule has 5 heteroatoms. The molecule has 11 rings (SSSR count). The first-order chi connectivity index (χ1) is 25.3. The van der Waals surface area contributed by atoms with Crippen LogP contribution in [0.1, 0.15) is 0 Å². The van der Waals surface area contributed by atoms with Gasteiger partial charge in [-0.05, 0) is 54.6 Å². The van der Waals surface area contributed by atoms with Crippen molar-refractivity contribution in [1.82, 2.24) is 19.1 Å². The molecular weight excluding hydrogens is 641 g/mol. The summed E-state index contributed by atoms with van der Waals surface area (Å²) in [7, 11) is 0. The fraction of sp³-hybridized carbons (Fsp3) is 0. The van der Waals surface area contributed by atoms with E-state index in [2.05, 4.69) is 161 Å². The molecule has 7 aromatic carbocycles. The first kappa shape index (κ1) is 28.3. The highest BCUT2D eigenvalue weighted by Crippen LogP contribution is 2.44. The number of fused-ring (bicyclic) bond motifs is 10. The Labute approximate surface area is 297 Å². The summed E-state index contributed by atoms with van der Waals surface area (Å²) in [5, 5.41) is 7.31. The van der Waals surface area contributed by atoms with E-state index in [9.17, 15) is 0 Å². The van der Waals surface area contributed by atoms with Crippen LogP contribution < -0.4 is 0 Å². The van der Waals surface area contributed by atoms with E-state index in [0.717, 1.165) is 44.2 Å². The van der Waals surface area contributed by atoms with Gasteiger partial charge in [-0.25, -0.2) is 9.97 Å². The standard InChI is InChI=1S/C46H28N4S/c1-3-14-29(15-4-1)45-47-44(43-35-22-9-12-25-40(35)51-46(43)48-45)30-16-13-19-32(28-30)50-37-24-11-8-21-34(37)42-39(50)27-26-38-41(42)33-20-7-10-23-36(33)49(38)31-17-5-2-6-18-31/h1-28H. The van der Waals surface area contributed by atoms with Crippen LogP contribution in [-0.4, -0.2) is 19.1 Å². The van der Waals surface area contributed by atoms with E-state index in [1.807, 2.05) is 18.2 Å². The van der Waals surface area contributed by atoms with Gasteiger partial charge in [0.2, 0.25) is 0 Å². The van der Waals surface area contributed by atoms with E-state index in [4.69, 9.17) is 9.97 Å². The smallest absolute Gasteiger partial charge is 0.161 e. The maximum Gasteiger partial charge on any atom is 0.161 e. The molecule has 0 saturated heterocycles. The molecule has 0 spiro atoms. The fourth-order valence-electron chi connectivity index (χ4n) is 7.99. The van der Waals surface area contributed by atoms with Gasteiger partial charge in [0.1, 0.15) is 4.83 Å². The highest BCUT2D eigenvalue weighted by atomic mass is 32.1. The van der Waals surface area contributed by atoms with E-state index in [1.54, 1.807) is 11.3 Å². The van der Waals surface area contributed by atoms with Crippen LogP contribution in [0.4, 0.5) is 0 Å². The number of rotatable bonds is 4. The number of para-hydroxylation sites is 3. The van der Waals surface area contributed by atoms with Gasteiger partial charge < -0.3 is 9.13 Å². The molecule has 0 aliphatic rings. The zero-order chi connectivity index (χ0) is 33.5. The predicted octanol–water partition coefficient (Wildman–Crippen LogP) is 12.4. The van der Waals surface area contributed by atoms with Crippen molar-refractivity contribution in [1.29, 1.82) is 0 Å². The Hall–Kier alpha value is -6.56. The molecule has 0 fully saturated rings. The molecule has 4 heterocycles. The Morgan fingerprint density at radius 2 is 0.941 bits per heavy atom. The summed E-state index contributed by atoms with van der Waals surface area (Å²) < 4.78 is 6.03. The largest absolute Gasteiger partial charge is 0.309 e. The number of thiophene rings is 1. The van der Waals surface area contributed by atoms with Gasteiger partial charge in [0, 0.05) is 59.5 Å². The van der Waals surface area contributed by atoms with E-state index in [1.165, 1.54) is 53.7 Å². The average molecular weight is 669 g/mol. The number of hydrogen-bond donors (Lipinski definition) is 0. The molecule has 0 amide bonds. The lowest BCUT2D eigenvalue weighted by atomic mass is 10.0. The molecule has 0 saturated carbocycles. The van der Waals surface area contributed by atoms with Gasteiger partial charge in [-0.15, -0.1) is 11.3 Å². The third kappa shape index (κ3) is 4.19. The Bertz CT molecular complexity index is 3130. The topological polar surface area (TPSA) is 35.6 Å². The minimum absolute atomic E-state index is 0.740. The molecule has 51 heavy (non-hydrogen) atoms. The molecule has 0 aliphatic carbocycles. The normalized spacial score (nSPS) is 11.9. The molecule has 0 bridgehead atoms. The maximum atomic E-state index is 5.30. The molecule has 238 valence electrons. The van der Waals surface area contributed by atoms with E-state index in [-0.39, 0.29) is 0 Å². The summed E-state index contributed by atoms with van der Waals surface area (Å²) in [6.07, 6.45) is 0. The van der Waals surface area contributed by atoms with Crippen LogP contribution in [0.15, 0.2) is 170 Å². The summed E-state index contributed by atoms with van der Waals surface area (Å²) in [6, 6.07) is 60.6. The first-order valence-corrected chi connectivity index (χ1v) is 18.0. The van der Waals surface area contributed by atoms with Gasteiger partial charge in [-0.1, -0.05) is 115 Å². The maximum absolute atomic E-state index is 5.30. The number of aromatic nitrogens is 4. The van der Waals surface area contributed by atoms with Crippen molar-refractivity contribution in [2.45, 2.75) is 0 Å². The quantitative estimate of drug-likeness (QED) is 0.187. The minimum Gasteiger partial charge on any atom is -0.309 e. The predicted molar refractivity (Wildman–Crippen MR) is 214 cm³/mol. The summed E-state index contributed by atoms with van der Waals surface area (Å²) in [5.41, 5.74) is 10.0. The fourth-order valence-corrected chi connectivity index (χ4v) is 9.07. The van der Waals surface area contributed by atoms with Gasteiger partial charge in [0.05, 0.1) is 27.8 Å². The van der Waals surface area contributed by atoms with Gasteiger partial charge >= 0.3 is 0 Å². The van der Waals surface area contributed by atoms with Gasteiger partial charge in [-0.2, -0.15) is 0 Å². The highest BCUT2D eigenvalue weighted by molar-refractivity contribution is 7.25. The Kier molecular flexibility index (Phi) is 6.09. The van der Waals surface area contributed by atoms with Crippen LogP contribution in [0.2, 0.25) is 0 Å². The van der Waals surface area contributed by atoms with Crippen molar-refractivity contribution in [2.24, 2.45) is 0 Å². The number of nitrogens with zero attached hydrogens (tertiary/aromatic N) is 4. The van der Waals surface area contributed by atoms with E-state index < -0.39 is 0 Å². The molecule has 11 aromatic rings. The van der Waals surface area contributed by atoms with E-state index >= 15 is 0 Å². The molecule has 4 aromatic heterocycles. The van der Waals surface area contributed by atoms with Gasteiger partial charge in [0.15, 0.2) is 5.82 Å². The zero-order valence-corrected chi connectivity index (χ0v) is 28.2. The van der Waals surface area contributed by atoms with Crippen LogP contribution in [-0.2, 0) is 0 Å². The lowest BCUT2D eigenvalue weighted by Crippen LogP contribution is -1.97. The second-order valence-electron chi connectivity index (χ2n) is 13.0. The number of hydrogen-bond acceptors (Lipinski definition) is 3. The van der Waals surface area contributed by atoms with Crippen molar-refractivity contribution in [3.05, 3.63) is 170 Å². The molecule has 0 unspecified atom stereocenters. The summed E-state index contributed by atoms with van der Waals surface area (Å²) in [5.74, 6) is 0.740. The molecule has 0 N–H and O–H groups in total.